The summed E-state index contributed by atoms with van der Waals surface area (Å²) in [5.74, 6) is -1.85. The average Bonchev–Trinajstić information content (AvgIpc) is 2.72. The number of carbonyl (C=O) groups excluding carboxylic acids is 3. The van der Waals surface area contributed by atoms with E-state index in [-0.39, 0.29) is 24.2 Å². The number of thioether (sulfide) groups is 1. The maximum atomic E-state index is 13.1. The molecule has 192 valence electrons. The van der Waals surface area contributed by atoms with Gasteiger partial charge in [-0.15, -0.1) is 0 Å². The second-order valence-electron chi connectivity index (χ2n) is 9.48. The van der Waals surface area contributed by atoms with Gasteiger partial charge in [-0.2, -0.15) is 11.8 Å². The van der Waals surface area contributed by atoms with E-state index in [1.807, 2.05) is 47.8 Å². The van der Waals surface area contributed by atoms with Gasteiger partial charge in [0.25, 0.3) is 0 Å². The monoisotopic (exact) mass is 488 g/mol. The Kier molecular flexibility index (Phi) is 15.1. The second-order valence-corrected chi connectivity index (χ2v) is 10.5. The molecular weight excluding hydrogens is 444 g/mol. The lowest BCUT2D eigenvalue weighted by atomic mass is 9.96. The minimum Gasteiger partial charge on any atom is -0.480 e. The van der Waals surface area contributed by atoms with E-state index in [1.165, 1.54) is 0 Å². The summed E-state index contributed by atoms with van der Waals surface area (Å²) in [6.07, 6.45) is 3.67. The average molecular weight is 489 g/mol. The van der Waals surface area contributed by atoms with Gasteiger partial charge in [0.1, 0.15) is 18.1 Å². The zero-order chi connectivity index (χ0) is 25.7. The van der Waals surface area contributed by atoms with Crippen molar-refractivity contribution in [2.24, 2.45) is 23.5 Å². The summed E-state index contributed by atoms with van der Waals surface area (Å²) in [5, 5.41) is 17.5. The smallest absolute Gasteiger partial charge is 0.326 e. The highest BCUT2D eigenvalue weighted by Crippen LogP contribution is 2.12. The molecule has 0 aromatic carbocycles. The van der Waals surface area contributed by atoms with Crippen molar-refractivity contribution in [1.29, 1.82) is 0 Å². The van der Waals surface area contributed by atoms with Crippen LogP contribution in [0.4, 0.5) is 0 Å². The fourth-order valence-corrected chi connectivity index (χ4v) is 3.76. The maximum Gasteiger partial charge on any atom is 0.326 e. The van der Waals surface area contributed by atoms with Crippen molar-refractivity contribution in [3.8, 4) is 0 Å². The van der Waals surface area contributed by atoms with E-state index < -0.39 is 47.9 Å². The van der Waals surface area contributed by atoms with Gasteiger partial charge in [0, 0.05) is 0 Å². The minimum atomic E-state index is -1.12. The van der Waals surface area contributed by atoms with Crippen molar-refractivity contribution in [2.45, 2.75) is 91.4 Å². The topological polar surface area (TPSA) is 151 Å². The van der Waals surface area contributed by atoms with Gasteiger partial charge in [0.15, 0.2) is 0 Å². The number of nitrogens with two attached hydrogens (primary N) is 1. The third kappa shape index (κ3) is 12.3. The van der Waals surface area contributed by atoms with Gasteiger partial charge in [-0.25, -0.2) is 4.79 Å². The van der Waals surface area contributed by atoms with Crippen LogP contribution >= 0.6 is 11.8 Å². The van der Waals surface area contributed by atoms with Crippen LogP contribution in [-0.2, 0) is 19.2 Å². The number of aliphatic carboxylic acids is 1. The van der Waals surface area contributed by atoms with Crippen LogP contribution in [-0.4, -0.2) is 65.0 Å². The number of hydrogen-bond donors (Lipinski definition) is 5. The summed E-state index contributed by atoms with van der Waals surface area (Å²) in [5.41, 5.74) is 5.95. The summed E-state index contributed by atoms with van der Waals surface area (Å²) < 4.78 is 0. The van der Waals surface area contributed by atoms with Crippen LogP contribution < -0.4 is 21.7 Å². The van der Waals surface area contributed by atoms with E-state index in [2.05, 4.69) is 16.0 Å². The Morgan fingerprint density at radius 2 is 1.36 bits per heavy atom. The van der Waals surface area contributed by atoms with E-state index in [0.717, 1.165) is 5.75 Å². The highest BCUT2D eigenvalue weighted by atomic mass is 32.2. The molecule has 5 unspecified atom stereocenters. The molecule has 10 heteroatoms. The number of carboxylic acids is 1. The number of carboxylic acid groups (broad SMARTS) is 1. The van der Waals surface area contributed by atoms with Crippen LogP contribution in [0.25, 0.3) is 0 Å². The van der Waals surface area contributed by atoms with Crippen molar-refractivity contribution in [3.05, 3.63) is 0 Å². The normalized spacial score (nSPS) is 15.9. The van der Waals surface area contributed by atoms with Crippen molar-refractivity contribution >= 4 is 35.5 Å². The number of hydrogen-bond acceptors (Lipinski definition) is 6. The molecule has 0 spiro atoms. The molecule has 0 aliphatic carbocycles. The van der Waals surface area contributed by atoms with Crippen molar-refractivity contribution in [2.75, 3.05) is 12.0 Å². The molecule has 0 saturated carbocycles. The van der Waals surface area contributed by atoms with Crippen LogP contribution in [0.15, 0.2) is 0 Å². The second kappa shape index (κ2) is 15.9. The molecule has 0 rings (SSSR count). The van der Waals surface area contributed by atoms with E-state index in [4.69, 9.17) is 5.73 Å². The van der Waals surface area contributed by atoms with Gasteiger partial charge >= 0.3 is 5.97 Å². The number of nitrogens with one attached hydrogen (secondary N) is 3. The lowest BCUT2D eigenvalue weighted by molar-refractivity contribution is -0.143. The van der Waals surface area contributed by atoms with Gasteiger partial charge in [0.2, 0.25) is 17.7 Å². The molecule has 0 heterocycles. The maximum absolute atomic E-state index is 13.1. The van der Waals surface area contributed by atoms with Gasteiger partial charge in [0.05, 0.1) is 6.04 Å². The molecule has 33 heavy (non-hydrogen) atoms. The summed E-state index contributed by atoms with van der Waals surface area (Å²) in [6.45, 7) is 11.3. The molecule has 0 radical (unpaired) electrons. The number of carbonyl (C=O) groups is 4. The zero-order valence-corrected chi connectivity index (χ0v) is 22.0. The van der Waals surface area contributed by atoms with Crippen LogP contribution in [0.3, 0.4) is 0 Å². The minimum absolute atomic E-state index is 0.0739. The van der Waals surface area contributed by atoms with Crippen LogP contribution in [0.5, 0.6) is 0 Å². The lowest BCUT2D eigenvalue weighted by Gasteiger charge is -2.28. The molecule has 3 amide bonds. The van der Waals surface area contributed by atoms with Crippen molar-refractivity contribution < 1.29 is 24.3 Å². The standard InChI is InChI=1S/C23H44N4O5S/c1-8-15(6)19(27-20(28)16(24)9-10-33-7)22(30)25-17(11-13(2)3)21(29)26-18(23(31)32)12-14(4)5/h13-19H,8-12,24H2,1-7H3,(H,25,30)(H,26,29)(H,27,28)(H,31,32). The molecule has 6 N–H and O–H groups in total. The number of amides is 3. The quantitative estimate of drug-likeness (QED) is 0.222. The van der Waals surface area contributed by atoms with E-state index in [1.54, 1.807) is 11.8 Å². The Morgan fingerprint density at radius 3 is 1.82 bits per heavy atom. The van der Waals surface area contributed by atoms with Crippen LogP contribution in [0, 0.1) is 17.8 Å². The fourth-order valence-electron chi connectivity index (χ4n) is 3.27. The molecular formula is C23H44N4O5S. The van der Waals surface area contributed by atoms with Gasteiger partial charge < -0.3 is 26.8 Å². The zero-order valence-electron chi connectivity index (χ0n) is 21.1. The molecule has 0 fully saturated rings. The summed E-state index contributed by atoms with van der Waals surface area (Å²) in [6, 6.07) is -3.53. The predicted molar refractivity (Wildman–Crippen MR) is 133 cm³/mol. The summed E-state index contributed by atoms with van der Waals surface area (Å²) in [4.78, 5) is 50.2. The highest BCUT2D eigenvalue weighted by molar-refractivity contribution is 7.98. The Labute approximate surface area is 202 Å². The predicted octanol–water partition coefficient (Wildman–Crippen LogP) is 1.74. The Balaban J connectivity index is 5.51. The molecule has 0 aliphatic heterocycles. The van der Waals surface area contributed by atoms with Crippen molar-refractivity contribution in [1.82, 2.24) is 16.0 Å². The molecule has 0 aliphatic rings. The first kappa shape index (κ1) is 31.2. The Hall–Kier alpha value is -1.81. The molecule has 0 saturated heterocycles. The largest absolute Gasteiger partial charge is 0.480 e. The van der Waals surface area contributed by atoms with E-state index >= 15 is 0 Å². The Bertz CT molecular complexity index is 644. The molecule has 0 aromatic heterocycles. The van der Waals surface area contributed by atoms with Crippen molar-refractivity contribution in [3.63, 3.8) is 0 Å². The molecule has 0 aromatic rings. The third-order valence-electron chi connectivity index (χ3n) is 5.42. The van der Waals surface area contributed by atoms with Crippen LogP contribution in [0.1, 0.15) is 67.2 Å². The summed E-state index contributed by atoms with van der Waals surface area (Å²) in [7, 11) is 0. The Morgan fingerprint density at radius 1 is 0.848 bits per heavy atom. The first-order chi connectivity index (χ1) is 15.3. The fraction of sp³-hybridized carbons (Fsp3) is 0.826. The van der Waals surface area contributed by atoms with E-state index in [0.29, 0.717) is 19.3 Å². The lowest BCUT2D eigenvalue weighted by Crippen LogP contribution is -2.58. The first-order valence-corrected chi connectivity index (χ1v) is 13.1. The van der Waals surface area contributed by atoms with E-state index in [9.17, 15) is 24.3 Å². The highest BCUT2D eigenvalue weighted by Gasteiger charge is 2.32. The molecule has 5 atom stereocenters. The molecule has 9 nitrogen and oxygen atoms in total. The third-order valence-corrected chi connectivity index (χ3v) is 6.07. The SMILES string of the molecule is CCC(C)C(NC(=O)C(N)CCSC)C(=O)NC(CC(C)C)C(=O)NC(CC(C)C)C(=O)O. The summed E-state index contributed by atoms with van der Waals surface area (Å²) >= 11 is 1.59. The molecule has 0 bridgehead atoms. The van der Waals surface area contributed by atoms with Gasteiger partial charge in [-0.1, -0.05) is 48.0 Å². The first-order valence-electron chi connectivity index (χ1n) is 11.7. The number of rotatable bonds is 16. The van der Waals surface area contributed by atoms with Crippen LogP contribution in [0.2, 0.25) is 0 Å². The van der Waals surface area contributed by atoms with Gasteiger partial charge in [-0.05, 0) is 49.0 Å². The van der Waals surface area contributed by atoms with Gasteiger partial charge in [-0.3, -0.25) is 14.4 Å².